The van der Waals surface area contributed by atoms with Gasteiger partial charge in [-0.05, 0) is 30.5 Å². The molecule has 0 saturated carbocycles. The number of rotatable bonds is 8. The molecule has 0 radical (unpaired) electrons. The van der Waals surface area contributed by atoms with Gasteiger partial charge in [0.15, 0.2) is 5.16 Å². The van der Waals surface area contributed by atoms with Gasteiger partial charge in [0, 0.05) is 19.6 Å². The fraction of sp³-hybridized carbons (Fsp3) is 0.550. The molecular weight excluding hydrogens is 445 g/mol. The van der Waals surface area contributed by atoms with Crippen molar-refractivity contribution in [3.05, 3.63) is 33.8 Å². The molecule has 1 unspecified atom stereocenters. The number of carbonyl (C=O) groups excluding carboxylic acids is 1. The van der Waals surface area contributed by atoms with Crippen LogP contribution in [0.15, 0.2) is 23.4 Å². The van der Waals surface area contributed by atoms with Gasteiger partial charge < -0.3 is 15.0 Å². The summed E-state index contributed by atoms with van der Waals surface area (Å²) in [5.41, 5.74) is 0.903. The van der Waals surface area contributed by atoms with Crippen molar-refractivity contribution in [1.82, 2.24) is 20.1 Å². The second-order valence-corrected chi connectivity index (χ2v) is 9.39. The van der Waals surface area contributed by atoms with Crippen molar-refractivity contribution in [2.75, 3.05) is 37.0 Å². The first-order valence-corrected chi connectivity index (χ1v) is 11.7. The van der Waals surface area contributed by atoms with Crippen molar-refractivity contribution in [2.45, 2.75) is 38.5 Å². The number of hydrogen-bond acceptors (Lipinski definition) is 6. The maximum atomic E-state index is 12.5. The molecule has 0 aliphatic carbocycles. The molecule has 0 bridgehead atoms. The van der Waals surface area contributed by atoms with E-state index in [0.29, 0.717) is 29.2 Å². The van der Waals surface area contributed by atoms with Crippen molar-refractivity contribution in [3.8, 4) is 0 Å². The molecule has 2 heterocycles. The van der Waals surface area contributed by atoms with Crippen molar-refractivity contribution in [2.24, 2.45) is 5.92 Å². The van der Waals surface area contributed by atoms with Crippen LogP contribution in [0.2, 0.25) is 10.0 Å². The highest BCUT2D eigenvalue weighted by molar-refractivity contribution is 7.99. The summed E-state index contributed by atoms with van der Waals surface area (Å²) in [5, 5.41) is 13.5. The Kier molecular flexibility index (Phi) is 8.27. The third-order valence-electron chi connectivity index (χ3n) is 4.69. The number of nitrogens with zero attached hydrogens (tertiary/aromatic N) is 4. The number of halogens is 2. The maximum Gasteiger partial charge on any atom is 0.230 e. The van der Waals surface area contributed by atoms with Crippen LogP contribution in [0.4, 0.5) is 5.95 Å². The number of amides is 1. The minimum atomic E-state index is -0.176. The van der Waals surface area contributed by atoms with Crippen LogP contribution in [-0.2, 0) is 16.1 Å². The molecule has 1 aromatic carbocycles. The molecular formula is C20H27Cl2N5O2S. The van der Waals surface area contributed by atoms with E-state index in [1.807, 2.05) is 13.0 Å². The Morgan fingerprint density at radius 2 is 1.93 bits per heavy atom. The van der Waals surface area contributed by atoms with Gasteiger partial charge in [-0.1, -0.05) is 54.9 Å². The van der Waals surface area contributed by atoms with E-state index in [1.165, 1.54) is 11.8 Å². The summed E-state index contributed by atoms with van der Waals surface area (Å²) in [7, 11) is 0. The average molecular weight is 472 g/mol. The Morgan fingerprint density at radius 3 is 2.60 bits per heavy atom. The number of aromatic nitrogens is 3. The van der Waals surface area contributed by atoms with Crippen LogP contribution >= 0.6 is 35.0 Å². The molecule has 7 nitrogen and oxygen atoms in total. The van der Waals surface area contributed by atoms with E-state index in [4.69, 9.17) is 27.9 Å². The highest BCUT2D eigenvalue weighted by Crippen LogP contribution is 2.26. The van der Waals surface area contributed by atoms with Gasteiger partial charge in [0.2, 0.25) is 11.9 Å². The zero-order valence-electron chi connectivity index (χ0n) is 17.4. The predicted molar refractivity (Wildman–Crippen MR) is 122 cm³/mol. The number of carbonyl (C=O) groups is 1. The van der Waals surface area contributed by atoms with Gasteiger partial charge in [-0.25, -0.2) is 0 Å². The summed E-state index contributed by atoms with van der Waals surface area (Å²) in [6.45, 7) is 9.98. The normalized spacial score (nSPS) is 15.5. The molecule has 10 heteroatoms. The largest absolute Gasteiger partial charge is 0.378 e. The highest BCUT2D eigenvalue weighted by atomic mass is 35.5. The van der Waals surface area contributed by atoms with Crippen LogP contribution in [-0.4, -0.2) is 52.7 Å². The van der Waals surface area contributed by atoms with Crippen LogP contribution in [0.3, 0.4) is 0 Å². The third-order valence-corrected chi connectivity index (χ3v) is 6.40. The van der Waals surface area contributed by atoms with Crippen LogP contribution in [0, 0.1) is 5.92 Å². The number of ether oxygens (including phenoxy) is 1. The molecule has 164 valence electrons. The third kappa shape index (κ3) is 6.03. The van der Waals surface area contributed by atoms with E-state index >= 15 is 0 Å². The zero-order chi connectivity index (χ0) is 21.7. The molecule has 3 rings (SSSR count). The topological polar surface area (TPSA) is 72.3 Å². The Bertz CT molecular complexity index is 871. The second-order valence-electron chi connectivity index (χ2n) is 7.64. The lowest BCUT2D eigenvalue weighted by Gasteiger charge is -2.28. The van der Waals surface area contributed by atoms with Crippen LogP contribution in [0.1, 0.15) is 32.4 Å². The van der Waals surface area contributed by atoms with E-state index in [9.17, 15) is 4.79 Å². The molecule has 1 aromatic heterocycles. The number of benzene rings is 1. The fourth-order valence-corrected chi connectivity index (χ4v) is 4.25. The number of thioether (sulfide) groups is 1. The molecule has 1 atom stereocenters. The molecule has 1 aliphatic rings. The van der Waals surface area contributed by atoms with Crippen molar-refractivity contribution >= 4 is 46.8 Å². The van der Waals surface area contributed by atoms with Gasteiger partial charge in [0.05, 0.1) is 35.1 Å². The Labute approximate surface area is 191 Å². The molecule has 1 saturated heterocycles. The van der Waals surface area contributed by atoms with Gasteiger partial charge in [-0.15, -0.1) is 10.2 Å². The Balaban J connectivity index is 1.63. The molecule has 1 aliphatic heterocycles. The average Bonchev–Trinajstić information content (AvgIpc) is 3.11. The van der Waals surface area contributed by atoms with Crippen LogP contribution in [0.25, 0.3) is 0 Å². The second kappa shape index (κ2) is 10.7. The van der Waals surface area contributed by atoms with Gasteiger partial charge in [-0.2, -0.15) is 0 Å². The summed E-state index contributed by atoms with van der Waals surface area (Å²) in [6, 6.07) is 5.19. The van der Waals surface area contributed by atoms with Crippen molar-refractivity contribution in [1.29, 1.82) is 0 Å². The maximum absolute atomic E-state index is 12.5. The van der Waals surface area contributed by atoms with E-state index < -0.39 is 0 Å². The summed E-state index contributed by atoms with van der Waals surface area (Å²) >= 11 is 13.4. The number of anilines is 1. The zero-order valence-corrected chi connectivity index (χ0v) is 19.7. The molecule has 2 aromatic rings. The van der Waals surface area contributed by atoms with Gasteiger partial charge in [-0.3, -0.25) is 9.36 Å². The molecule has 1 amide bonds. The SMILES string of the molecule is CC(C)Cn1c(SCC(=O)NC(C)c2ccc(Cl)c(Cl)c2)nnc1N1CCOCC1. The summed E-state index contributed by atoms with van der Waals surface area (Å²) in [6.07, 6.45) is 0. The van der Waals surface area contributed by atoms with E-state index in [-0.39, 0.29) is 17.7 Å². The summed E-state index contributed by atoms with van der Waals surface area (Å²) < 4.78 is 7.55. The quantitative estimate of drug-likeness (QED) is 0.585. The molecule has 1 N–H and O–H groups in total. The minimum absolute atomic E-state index is 0.0782. The van der Waals surface area contributed by atoms with Gasteiger partial charge in [0.25, 0.3) is 0 Å². The molecule has 0 spiro atoms. The fourth-order valence-electron chi connectivity index (χ4n) is 3.19. The molecule has 1 fully saturated rings. The standard InChI is InChI=1S/C20H27Cl2N5O2S/c1-13(2)11-27-19(26-6-8-29-9-7-26)24-25-20(27)30-12-18(28)23-14(3)15-4-5-16(21)17(22)10-15/h4-5,10,13-14H,6-9,11-12H2,1-3H3,(H,23,28). The molecule has 30 heavy (non-hydrogen) atoms. The van der Waals surface area contributed by atoms with Gasteiger partial charge in [0.1, 0.15) is 0 Å². The number of hydrogen-bond donors (Lipinski definition) is 1. The highest BCUT2D eigenvalue weighted by Gasteiger charge is 2.22. The predicted octanol–water partition coefficient (Wildman–Crippen LogP) is 4.05. The van der Waals surface area contributed by atoms with E-state index in [0.717, 1.165) is 36.3 Å². The number of morpholine rings is 1. The Hall–Kier alpha value is -1.48. The lowest BCUT2D eigenvalue weighted by molar-refractivity contribution is -0.119. The first-order valence-electron chi connectivity index (χ1n) is 9.98. The number of nitrogens with one attached hydrogen (secondary N) is 1. The smallest absolute Gasteiger partial charge is 0.230 e. The van der Waals surface area contributed by atoms with Crippen molar-refractivity contribution in [3.63, 3.8) is 0 Å². The lowest BCUT2D eigenvalue weighted by Crippen LogP contribution is -2.38. The summed E-state index contributed by atoms with van der Waals surface area (Å²) in [4.78, 5) is 14.7. The first-order chi connectivity index (χ1) is 14.3. The van der Waals surface area contributed by atoms with Crippen LogP contribution < -0.4 is 10.2 Å². The summed E-state index contributed by atoms with van der Waals surface area (Å²) in [5.74, 6) is 1.46. The first kappa shape index (κ1) is 23.2. The Morgan fingerprint density at radius 1 is 1.20 bits per heavy atom. The minimum Gasteiger partial charge on any atom is -0.378 e. The van der Waals surface area contributed by atoms with E-state index in [2.05, 4.69) is 38.8 Å². The lowest BCUT2D eigenvalue weighted by atomic mass is 10.1. The van der Waals surface area contributed by atoms with Gasteiger partial charge >= 0.3 is 0 Å². The van der Waals surface area contributed by atoms with Crippen molar-refractivity contribution < 1.29 is 9.53 Å². The monoisotopic (exact) mass is 471 g/mol. The van der Waals surface area contributed by atoms with E-state index in [1.54, 1.807) is 12.1 Å². The van der Waals surface area contributed by atoms with Crippen LogP contribution in [0.5, 0.6) is 0 Å².